The van der Waals surface area contributed by atoms with Gasteiger partial charge in [-0.1, -0.05) is 47.8 Å². The van der Waals surface area contributed by atoms with Crippen LogP contribution in [0.2, 0.25) is 0 Å². The zero-order chi connectivity index (χ0) is 25.0. The van der Waals surface area contributed by atoms with Gasteiger partial charge in [-0.15, -0.1) is 0 Å². The van der Waals surface area contributed by atoms with E-state index in [4.69, 9.17) is 14.2 Å². The second-order valence-electron chi connectivity index (χ2n) is 11.5. The fraction of sp³-hybridized carbons (Fsp3) is 0.750. The maximum absolute atomic E-state index is 12.3. The third-order valence-corrected chi connectivity index (χ3v) is 12.2. The fourth-order valence-corrected chi connectivity index (χ4v) is 10.7. The molecule has 36 heavy (non-hydrogen) atoms. The molecule has 1 aliphatic carbocycles. The number of aliphatic hydroxyl groups is 1. The van der Waals surface area contributed by atoms with Crippen LogP contribution < -0.4 is 0 Å². The van der Waals surface area contributed by atoms with Gasteiger partial charge in [0.1, 0.15) is 5.76 Å². The van der Waals surface area contributed by atoms with Gasteiger partial charge in [0.05, 0.1) is 18.8 Å². The second kappa shape index (κ2) is 10.2. The van der Waals surface area contributed by atoms with E-state index in [2.05, 4.69) is 28.7 Å². The van der Waals surface area contributed by atoms with E-state index in [1.807, 2.05) is 10.8 Å². The summed E-state index contributed by atoms with van der Waals surface area (Å²) in [4.78, 5) is 15.0. The summed E-state index contributed by atoms with van der Waals surface area (Å²) < 4.78 is 17.7. The van der Waals surface area contributed by atoms with Gasteiger partial charge in [-0.05, 0) is 56.9 Å². The number of hydrogen-bond acceptors (Lipinski definition) is 8. The van der Waals surface area contributed by atoms with Crippen LogP contribution in [-0.4, -0.2) is 58.8 Å². The number of aliphatic hydroxyl groups excluding tert-OH is 1. The third kappa shape index (κ3) is 4.24. The van der Waals surface area contributed by atoms with E-state index in [0.717, 1.165) is 49.5 Å². The number of carbonyl (C=O) groups is 1. The number of ether oxygens (including phenoxy) is 3. The minimum atomic E-state index is -0.362. The largest absolute Gasteiger partial charge is 0.492 e. The number of rotatable bonds is 1. The maximum atomic E-state index is 12.3. The number of methoxy groups -OCH3 is 1. The second-order valence-corrected chi connectivity index (χ2v) is 14.0. The topological polar surface area (TPSA) is 68.2 Å². The average Bonchev–Trinajstić information content (AvgIpc) is 3.49. The van der Waals surface area contributed by atoms with E-state index in [1.54, 1.807) is 14.0 Å². The molecular formula is C28H39NO5S2. The summed E-state index contributed by atoms with van der Waals surface area (Å²) in [6.45, 7) is 3.94. The number of esters is 1. The van der Waals surface area contributed by atoms with Gasteiger partial charge in [0, 0.05) is 41.5 Å². The lowest BCUT2D eigenvalue weighted by molar-refractivity contribution is -0.133. The van der Waals surface area contributed by atoms with Crippen molar-refractivity contribution in [1.82, 2.24) is 4.90 Å². The van der Waals surface area contributed by atoms with Crippen LogP contribution in [0.15, 0.2) is 34.7 Å². The number of fused-ring (bicyclic) bond motifs is 3. The summed E-state index contributed by atoms with van der Waals surface area (Å²) in [7, 11) is 5.66. The zero-order valence-corrected chi connectivity index (χ0v) is 23.2. The van der Waals surface area contributed by atoms with Gasteiger partial charge in [0.25, 0.3) is 0 Å². The Labute approximate surface area is 222 Å². The molecule has 0 aromatic carbocycles. The highest BCUT2D eigenvalue weighted by Gasteiger charge is 2.52. The number of hydrogen-bond donors (Lipinski definition) is 1. The smallest absolute Gasteiger partial charge is 0.343 e. The first-order valence-electron chi connectivity index (χ1n) is 13.8. The Morgan fingerprint density at radius 1 is 1.06 bits per heavy atom. The molecule has 0 amide bonds. The summed E-state index contributed by atoms with van der Waals surface area (Å²) in [6.07, 6.45) is 11.1. The highest BCUT2D eigenvalue weighted by Crippen LogP contribution is 2.51. The highest BCUT2D eigenvalue weighted by molar-refractivity contribution is 8.76. The summed E-state index contributed by atoms with van der Waals surface area (Å²) >= 11 is 0. The van der Waals surface area contributed by atoms with Crippen molar-refractivity contribution >= 4 is 27.6 Å². The fourth-order valence-electron chi connectivity index (χ4n) is 7.82. The van der Waals surface area contributed by atoms with Crippen LogP contribution in [0.1, 0.15) is 65.2 Å². The van der Waals surface area contributed by atoms with Gasteiger partial charge in [-0.2, -0.15) is 0 Å². The summed E-state index contributed by atoms with van der Waals surface area (Å²) in [6, 6.07) is 0.914. The molecule has 6 aliphatic rings. The van der Waals surface area contributed by atoms with E-state index in [0.29, 0.717) is 40.9 Å². The Balaban J connectivity index is 1.34. The lowest BCUT2D eigenvalue weighted by Crippen LogP contribution is -2.59. The zero-order valence-electron chi connectivity index (χ0n) is 21.6. The van der Waals surface area contributed by atoms with Crippen molar-refractivity contribution in [2.75, 3.05) is 18.6 Å². The first kappa shape index (κ1) is 25.2. The predicted molar refractivity (Wildman–Crippen MR) is 143 cm³/mol. The SMILES string of the molecule is COC1=C(C)C(=O)OC1=C1OC2=CC[C@@H]3CSSC[C@H]4CCC[C@H]4C[C@H](O)[C@@H]4CCC[C@@H]([C@H]2[C@@H]1C)N34. The Morgan fingerprint density at radius 3 is 2.64 bits per heavy atom. The number of piperidine rings is 1. The molecule has 0 spiro atoms. The molecule has 5 heterocycles. The van der Waals surface area contributed by atoms with Crippen LogP contribution >= 0.6 is 21.6 Å². The highest BCUT2D eigenvalue weighted by atomic mass is 33.1. The van der Waals surface area contributed by atoms with Crippen molar-refractivity contribution in [1.29, 1.82) is 0 Å². The number of nitrogens with zero attached hydrogens (tertiary/aromatic N) is 1. The van der Waals surface area contributed by atoms with E-state index >= 15 is 0 Å². The first-order valence-corrected chi connectivity index (χ1v) is 16.3. The number of allylic oxidation sites excluding steroid dienone is 1. The van der Waals surface area contributed by atoms with Gasteiger partial charge in [0.2, 0.25) is 5.76 Å². The molecule has 0 aromatic heterocycles. The Hall–Kier alpha value is -1.09. The minimum Gasteiger partial charge on any atom is -0.492 e. The molecule has 0 unspecified atom stereocenters. The van der Waals surface area contributed by atoms with E-state index in [-0.39, 0.29) is 30.0 Å². The van der Waals surface area contributed by atoms with E-state index in [1.165, 1.54) is 25.0 Å². The number of carbonyl (C=O) groups excluding carboxylic acids is 1. The molecule has 4 fully saturated rings. The molecule has 1 N–H and O–H groups in total. The van der Waals surface area contributed by atoms with Crippen molar-refractivity contribution in [3.63, 3.8) is 0 Å². The van der Waals surface area contributed by atoms with Crippen LogP contribution in [0, 0.1) is 23.7 Å². The molecule has 3 saturated heterocycles. The van der Waals surface area contributed by atoms with Crippen molar-refractivity contribution in [3.8, 4) is 0 Å². The molecule has 6 nitrogen and oxygen atoms in total. The predicted octanol–water partition coefficient (Wildman–Crippen LogP) is 5.40. The molecule has 0 bridgehead atoms. The normalized spacial score (nSPS) is 43.4. The average molecular weight is 534 g/mol. The summed E-state index contributed by atoms with van der Waals surface area (Å²) in [5.74, 6) is 6.27. The van der Waals surface area contributed by atoms with Crippen LogP contribution in [0.5, 0.6) is 0 Å². The molecule has 1 saturated carbocycles. The monoisotopic (exact) mass is 533 g/mol. The van der Waals surface area contributed by atoms with E-state index in [9.17, 15) is 9.90 Å². The Kier molecular flexibility index (Phi) is 7.16. The lowest BCUT2D eigenvalue weighted by atomic mass is 9.78. The van der Waals surface area contributed by atoms with Crippen molar-refractivity contribution in [3.05, 3.63) is 34.7 Å². The molecule has 0 radical (unpaired) electrons. The maximum Gasteiger partial charge on any atom is 0.343 e. The van der Waals surface area contributed by atoms with Gasteiger partial charge in [0.15, 0.2) is 11.5 Å². The quantitative estimate of drug-likeness (QED) is 0.355. The van der Waals surface area contributed by atoms with Gasteiger partial charge in [-0.3, -0.25) is 4.90 Å². The first-order chi connectivity index (χ1) is 17.5. The van der Waals surface area contributed by atoms with Crippen molar-refractivity contribution in [2.24, 2.45) is 23.7 Å². The minimum absolute atomic E-state index is 0.0640. The molecule has 5 aliphatic heterocycles. The van der Waals surface area contributed by atoms with Crippen LogP contribution in [0.4, 0.5) is 0 Å². The van der Waals surface area contributed by atoms with Gasteiger partial charge < -0.3 is 19.3 Å². The standard InChI is InChI=1S/C28H39NO5S2/c1-15-24-21-9-5-8-20-22(30)12-17-6-4-7-18(17)13-35-36-14-19(29(20)21)10-11-23(24)33-26(15)27-25(32-3)16(2)28(31)34-27/h11,15,17-22,24,30H,4-10,12-14H2,1-3H3/t15-,17-,18+,19+,20-,21-,22-,24+/m0/s1. The summed E-state index contributed by atoms with van der Waals surface area (Å²) in [5, 5.41) is 11.7. The van der Waals surface area contributed by atoms with E-state index < -0.39 is 0 Å². The molecular weight excluding hydrogens is 494 g/mol. The van der Waals surface area contributed by atoms with Crippen molar-refractivity contribution in [2.45, 2.75) is 89.4 Å². The number of cyclic esters (lactones) is 1. The molecule has 8 atom stereocenters. The summed E-state index contributed by atoms with van der Waals surface area (Å²) in [5.41, 5.74) is 0.490. The Bertz CT molecular complexity index is 992. The molecule has 8 heteroatoms. The van der Waals surface area contributed by atoms with Crippen LogP contribution in [0.25, 0.3) is 0 Å². The van der Waals surface area contributed by atoms with Gasteiger partial charge >= 0.3 is 5.97 Å². The Morgan fingerprint density at radius 2 is 1.81 bits per heavy atom. The van der Waals surface area contributed by atoms with Crippen LogP contribution in [-0.2, 0) is 19.0 Å². The molecule has 0 aromatic rings. The molecule has 198 valence electrons. The lowest BCUT2D eigenvalue weighted by Gasteiger charge is -2.49. The van der Waals surface area contributed by atoms with Crippen LogP contribution in [0.3, 0.4) is 0 Å². The van der Waals surface area contributed by atoms with Crippen molar-refractivity contribution < 1.29 is 24.1 Å². The molecule has 6 rings (SSSR count). The van der Waals surface area contributed by atoms with Gasteiger partial charge in [-0.25, -0.2) is 4.79 Å². The third-order valence-electron chi connectivity index (χ3n) is 9.61.